The van der Waals surface area contributed by atoms with Crippen molar-refractivity contribution in [3.8, 4) is 0 Å². The maximum Gasteiger partial charge on any atom is 0.340 e. The lowest BCUT2D eigenvalue weighted by Crippen LogP contribution is -2.17. The van der Waals surface area contributed by atoms with Crippen LogP contribution in [0.1, 0.15) is 42.5 Å². The summed E-state index contributed by atoms with van der Waals surface area (Å²) >= 11 is 0. The number of carbonyl (C=O) groups excluding carboxylic acids is 1. The van der Waals surface area contributed by atoms with E-state index in [-0.39, 0.29) is 11.3 Å². The molecule has 0 saturated heterocycles. The van der Waals surface area contributed by atoms with Gasteiger partial charge in [-0.25, -0.2) is 13.6 Å². The zero-order chi connectivity index (χ0) is 13.8. The van der Waals surface area contributed by atoms with Crippen LogP contribution in [0.2, 0.25) is 0 Å². The molecule has 1 saturated carbocycles. The molecule has 0 radical (unpaired) electrons. The summed E-state index contributed by atoms with van der Waals surface area (Å²) < 4.78 is 31.1. The van der Waals surface area contributed by atoms with Gasteiger partial charge in [0.15, 0.2) is 11.6 Å². The van der Waals surface area contributed by atoms with Crippen LogP contribution in [0.3, 0.4) is 0 Å². The van der Waals surface area contributed by atoms with Crippen LogP contribution in [-0.4, -0.2) is 12.6 Å². The number of hydrogen-bond acceptors (Lipinski definition) is 3. The Morgan fingerprint density at radius 1 is 1.21 bits per heavy atom. The molecule has 1 aromatic rings. The molecule has 2 N–H and O–H groups in total. The molecule has 1 fully saturated rings. The van der Waals surface area contributed by atoms with E-state index in [0.29, 0.717) is 12.5 Å². The first kappa shape index (κ1) is 13.8. The average molecular weight is 269 g/mol. The molecule has 3 nitrogen and oxygen atoms in total. The predicted octanol–water partition coefficient (Wildman–Crippen LogP) is 3.28. The maximum absolute atomic E-state index is 13.1. The highest BCUT2D eigenvalue weighted by Crippen LogP contribution is 2.24. The number of rotatable bonds is 3. The van der Waals surface area contributed by atoms with Gasteiger partial charge in [-0.3, -0.25) is 0 Å². The quantitative estimate of drug-likeness (QED) is 0.676. The Morgan fingerprint density at radius 3 is 2.53 bits per heavy atom. The number of esters is 1. The van der Waals surface area contributed by atoms with Crippen LogP contribution in [-0.2, 0) is 4.74 Å². The van der Waals surface area contributed by atoms with Gasteiger partial charge in [0, 0.05) is 11.8 Å². The average Bonchev–Trinajstić information content (AvgIpc) is 2.41. The van der Waals surface area contributed by atoms with Gasteiger partial charge in [0.1, 0.15) is 0 Å². The van der Waals surface area contributed by atoms with Gasteiger partial charge in [0.05, 0.1) is 12.2 Å². The van der Waals surface area contributed by atoms with E-state index in [1.54, 1.807) is 0 Å². The molecule has 2 rings (SSSR count). The second-order valence-electron chi connectivity index (χ2n) is 4.96. The predicted molar refractivity (Wildman–Crippen MR) is 67.6 cm³/mol. The number of halogens is 2. The van der Waals surface area contributed by atoms with Crippen molar-refractivity contribution in [1.29, 1.82) is 0 Å². The summed E-state index contributed by atoms with van der Waals surface area (Å²) in [5, 5.41) is 0. The highest BCUT2D eigenvalue weighted by molar-refractivity contribution is 5.95. The number of benzene rings is 1. The molecule has 0 atom stereocenters. The zero-order valence-electron chi connectivity index (χ0n) is 10.6. The minimum Gasteiger partial charge on any atom is -0.462 e. The lowest BCUT2D eigenvalue weighted by Gasteiger charge is -2.21. The first-order valence-electron chi connectivity index (χ1n) is 6.49. The Bertz CT molecular complexity index is 471. The number of carbonyl (C=O) groups is 1. The lowest BCUT2D eigenvalue weighted by atomic mass is 9.90. The minimum atomic E-state index is -1.10. The minimum absolute atomic E-state index is 0.104. The van der Waals surface area contributed by atoms with Crippen molar-refractivity contribution in [2.24, 2.45) is 5.92 Å². The standard InChI is InChI=1S/C14H17F2NO2/c15-11-6-10(13(17)7-12(11)16)14(18)19-8-9-4-2-1-3-5-9/h6-7,9H,1-5,8,17H2. The second kappa shape index (κ2) is 5.99. The van der Waals surface area contributed by atoms with Crippen LogP contribution >= 0.6 is 0 Å². The molecule has 1 aliphatic rings. The van der Waals surface area contributed by atoms with E-state index in [4.69, 9.17) is 10.5 Å². The van der Waals surface area contributed by atoms with E-state index in [1.807, 2.05) is 0 Å². The van der Waals surface area contributed by atoms with Gasteiger partial charge in [-0.1, -0.05) is 19.3 Å². The fourth-order valence-corrected chi connectivity index (χ4v) is 2.36. The van der Waals surface area contributed by atoms with Gasteiger partial charge < -0.3 is 10.5 Å². The number of ether oxygens (including phenoxy) is 1. The molecule has 1 aromatic carbocycles. The van der Waals surface area contributed by atoms with E-state index < -0.39 is 17.6 Å². The summed E-state index contributed by atoms with van der Waals surface area (Å²) in [5.74, 6) is -2.49. The molecule has 0 unspecified atom stereocenters. The maximum atomic E-state index is 13.1. The van der Waals surface area contributed by atoms with Crippen molar-refractivity contribution in [3.63, 3.8) is 0 Å². The van der Waals surface area contributed by atoms with Crippen LogP contribution in [0.25, 0.3) is 0 Å². The normalized spacial score (nSPS) is 16.3. The third-order valence-electron chi connectivity index (χ3n) is 3.49. The molecule has 0 bridgehead atoms. The van der Waals surface area contributed by atoms with E-state index in [1.165, 1.54) is 6.42 Å². The number of nitrogen functional groups attached to an aromatic ring is 1. The van der Waals surface area contributed by atoms with Crippen LogP contribution in [0.5, 0.6) is 0 Å². The van der Waals surface area contributed by atoms with Gasteiger partial charge in [0.25, 0.3) is 0 Å². The van der Waals surface area contributed by atoms with Gasteiger partial charge in [-0.05, 0) is 24.8 Å². The topological polar surface area (TPSA) is 52.3 Å². The van der Waals surface area contributed by atoms with Gasteiger partial charge >= 0.3 is 5.97 Å². The first-order valence-corrected chi connectivity index (χ1v) is 6.49. The van der Waals surface area contributed by atoms with Gasteiger partial charge in [-0.2, -0.15) is 0 Å². The molecule has 0 amide bonds. The Hall–Kier alpha value is -1.65. The summed E-state index contributed by atoms with van der Waals surface area (Å²) in [5.41, 5.74) is 5.27. The van der Waals surface area contributed by atoms with E-state index in [2.05, 4.69) is 0 Å². The van der Waals surface area contributed by atoms with Crippen LogP contribution in [0.4, 0.5) is 14.5 Å². The Balaban J connectivity index is 1.97. The van der Waals surface area contributed by atoms with Gasteiger partial charge in [0.2, 0.25) is 0 Å². The third kappa shape index (κ3) is 3.43. The summed E-state index contributed by atoms with van der Waals surface area (Å²) in [7, 11) is 0. The van der Waals surface area contributed by atoms with Crippen LogP contribution in [0.15, 0.2) is 12.1 Å². The highest BCUT2D eigenvalue weighted by atomic mass is 19.2. The summed E-state index contributed by atoms with van der Waals surface area (Å²) in [6.07, 6.45) is 5.60. The molecular formula is C14H17F2NO2. The van der Waals surface area contributed by atoms with Gasteiger partial charge in [-0.15, -0.1) is 0 Å². The van der Waals surface area contributed by atoms with E-state index in [0.717, 1.165) is 37.8 Å². The molecule has 104 valence electrons. The Morgan fingerprint density at radius 2 is 1.84 bits per heavy atom. The first-order chi connectivity index (χ1) is 9.08. The van der Waals surface area contributed by atoms with Crippen molar-refractivity contribution in [3.05, 3.63) is 29.3 Å². The summed E-state index contributed by atoms with van der Waals surface area (Å²) in [6, 6.07) is 1.58. The molecular weight excluding hydrogens is 252 g/mol. The SMILES string of the molecule is Nc1cc(F)c(F)cc1C(=O)OCC1CCCCC1. The third-order valence-corrected chi connectivity index (χ3v) is 3.49. The molecule has 0 heterocycles. The fraction of sp³-hybridized carbons (Fsp3) is 0.500. The van der Waals surface area contributed by atoms with Crippen molar-refractivity contribution in [1.82, 2.24) is 0 Å². The number of hydrogen-bond donors (Lipinski definition) is 1. The fourth-order valence-electron chi connectivity index (χ4n) is 2.36. The monoisotopic (exact) mass is 269 g/mol. The largest absolute Gasteiger partial charge is 0.462 e. The lowest BCUT2D eigenvalue weighted by molar-refractivity contribution is 0.0411. The molecule has 0 spiro atoms. The summed E-state index contributed by atoms with van der Waals surface area (Å²) in [4.78, 5) is 11.8. The molecule has 1 aliphatic carbocycles. The van der Waals surface area contributed by atoms with Crippen molar-refractivity contribution in [2.75, 3.05) is 12.3 Å². The molecule has 0 aliphatic heterocycles. The zero-order valence-corrected chi connectivity index (χ0v) is 10.6. The van der Waals surface area contributed by atoms with Crippen molar-refractivity contribution in [2.45, 2.75) is 32.1 Å². The van der Waals surface area contributed by atoms with Crippen LogP contribution in [0, 0.1) is 17.6 Å². The van der Waals surface area contributed by atoms with E-state index >= 15 is 0 Å². The Labute approximate surface area is 110 Å². The summed E-state index contributed by atoms with van der Waals surface area (Å²) in [6.45, 7) is 0.317. The highest BCUT2D eigenvalue weighted by Gasteiger charge is 2.19. The van der Waals surface area contributed by atoms with E-state index in [9.17, 15) is 13.6 Å². The Kier molecular flexibility index (Phi) is 4.35. The molecule has 19 heavy (non-hydrogen) atoms. The molecule has 0 aromatic heterocycles. The van der Waals surface area contributed by atoms with Crippen molar-refractivity contribution >= 4 is 11.7 Å². The molecule has 5 heteroatoms. The van der Waals surface area contributed by atoms with Crippen molar-refractivity contribution < 1.29 is 18.3 Å². The number of anilines is 1. The van der Waals surface area contributed by atoms with Crippen LogP contribution < -0.4 is 5.73 Å². The smallest absolute Gasteiger partial charge is 0.340 e. The number of nitrogens with two attached hydrogens (primary N) is 1. The second-order valence-corrected chi connectivity index (χ2v) is 4.96.